The maximum Gasteiger partial charge on any atom is 0.416 e. The zero-order valence-electron chi connectivity index (χ0n) is 18.0. The summed E-state index contributed by atoms with van der Waals surface area (Å²) in [5, 5.41) is 0. The van der Waals surface area contributed by atoms with Crippen LogP contribution in [0, 0.1) is 13.8 Å². The first kappa shape index (κ1) is 21.7. The summed E-state index contributed by atoms with van der Waals surface area (Å²) in [4.78, 5) is 4.54. The molecule has 0 aliphatic rings. The lowest BCUT2D eigenvalue weighted by atomic mass is 10.1. The fourth-order valence-corrected chi connectivity index (χ4v) is 3.73. The van der Waals surface area contributed by atoms with Gasteiger partial charge in [-0.25, -0.2) is 0 Å². The molecule has 32 heavy (non-hydrogen) atoms. The first-order chi connectivity index (χ1) is 15.3. The number of ether oxygens (including phenoxy) is 2. The third-order valence-electron chi connectivity index (χ3n) is 5.61. The van der Waals surface area contributed by atoms with Gasteiger partial charge < -0.3 is 14.0 Å². The van der Waals surface area contributed by atoms with Gasteiger partial charge in [0.05, 0.1) is 18.2 Å². The summed E-state index contributed by atoms with van der Waals surface area (Å²) in [5.74, 6) is 1.42. The van der Waals surface area contributed by atoms with Gasteiger partial charge in [0, 0.05) is 24.5 Å². The van der Waals surface area contributed by atoms with E-state index in [1.165, 1.54) is 12.1 Å². The summed E-state index contributed by atoms with van der Waals surface area (Å²) < 4.78 is 52.0. The zero-order chi connectivity index (χ0) is 22.9. The van der Waals surface area contributed by atoms with E-state index in [2.05, 4.69) is 9.55 Å². The van der Waals surface area contributed by atoms with Crippen molar-refractivity contribution in [1.29, 1.82) is 0 Å². The SMILES string of the molecule is COc1cccc(Cn2c(C)c(C)c3nccc(OCc4ccc(C(F)(F)F)cc4)c32)c1. The largest absolute Gasteiger partial charge is 0.497 e. The van der Waals surface area contributed by atoms with E-state index in [-0.39, 0.29) is 6.61 Å². The van der Waals surface area contributed by atoms with E-state index in [4.69, 9.17) is 9.47 Å². The predicted octanol–water partition coefficient (Wildman–Crippen LogP) is 6.31. The van der Waals surface area contributed by atoms with Crippen LogP contribution in [0.5, 0.6) is 11.5 Å². The molecule has 4 nitrogen and oxygen atoms in total. The van der Waals surface area contributed by atoms with E-state index in [0.29, 0.717) is 17.9 Å². The number of hydrogen-bond donors (Lipinski definition) is 0. The Morgan fingerprint density at radius 1 is 0.969 bits per heavy atom. The van der Waals surface area contributed by atoms with Crippen molar-refractivity contribution in [1.82, 2.24) is 9.55 Å². The lowest BCUT2D eigenvalue weighted by molar-refractivity contribution is -0.137. The first-order valence-corrected chi connectivity index (χ1v) is 10.1. The monoisotopic (exact) mass is 440 g/mol. The first-order valence-electron chi connectivity index (χ1n) is 10.1. The van der Waals surface area contributed by atoms with Crippen molar-refractivity contribution >= 4 is 11.0 Å². The number of nitrogens with zero attached hydrogens (tertiary/aromatic N) is 2. The number of hydrogen-bond acceptors (Lipinski definition) is 3. The Labute approximate surface area is 184 Å². The number of rotatable bonds is 6. The van der Waals surface area contributed by atoms with Crippen LogP contribution in [0.2, 0.25) is 0 Å². The molecule has 0 aliphatic carbocycles. The quantitative estimate of drug-likeness (QED) is 0.353. The second-order valence-electron chi connectivity index (χ2n) is 7.64. The lowest BCUT2D eigenvalue weighted by Gasteiger charge is -2.14. The average Bonchev–Trinajstić information content (AvgIpc) is 3.03. The molecule has 7 heteroatoms. The fraction of sp³-hybridized carbons (Fsp3) is 0.240. The van der Waals surface area contributed by atoms with Crippen LogP contribution in [0.25, 0.3) is 11.0 Å². The van der Waals surface area contributed by atoms with Crippen LogP contribution in [-0.2, 0) is 19.3 Å². The van der Waals surface area contributed by atoms with Crippen LogP contribution >= 0.6 is 0 Å². The number of aromatic nitrogens is 2. The average molecular weight is 440 g/mol. The minimum Gasteiger partial charge on any atom is -0.497 e. The predicted molar refractivity (Wildman–Crippen MR) is 117 cm³/mol. The molecule has 0 saturated heterocycles. The molecule has 4 rings (SSSR count). The molecule has 0 unspecified atom stereocenters. The highest BCUT2D eigenvalue weighted by Crippen LogP contribution is 2.33. The molecule has 0 N–H and O–H groups in total. The minimum atomic E-state index is -4.35. The lowest BCUT2D eigenvalue weighted by Crippen LogP contribution is -2.06. The molecule has 2 aromatic carbocycles. The Morgan fingerprint density at radius 2 is 1.72 bits per heavy atom. The maximum absolute atomic E-state index is 12.8. The maximum atomic E-state index is 12.8. The van der Waals surface area contributed by atoms with E-state index in [1.54, 1.807) is 19.4 Å². The van der Waals surface area contributed by atoms with Crippen molar-refractivity contribution in [3.8, 4) is 11.5 Å². The van der Waals surface area contributed by atoms with Crippen LogP contribution in [0.3, 0.4) is 0 Å². The van der Waals surface area contributed by atoms with E-state index in [9.17, 15) is 13.2 Å². The number of fused-ring (bicyclic) bond motifs is 1. The van der Waals surface area contributed by atoms with E-state index < -0.39 is 11.7 Å². The number of methoxy groups -OCH3 is 1. The summed E-state index contributed by atoms with van der Waals surface area (Å²) in [6.07, 6.45) is -2.67. The molecule has 0 amide bonds. The Kier molecular flexibility index (Phi) is 5.82. The molecule has 0 saturated carbocycles. The number of benzene rings is 2. The summed E-state index contributed by atoms with van der Waals surface area (Å²) in [5.41, 5.74) is 4.88. The van der Waals surface area contributed by atoms with Gasteiger partial charge in [-0.3, -0.25) is 4.98 Å². The molecule has 166 valence electrons. The van der Waals surface area contributed by atoms with Gasteiger partial charge in [0.25, 0.3) is 0 Å². The number of alkyl halides is 3. The summed E-state index contributed by atoms with van der Waals surface area (Å²) >= 11 is 0. The van der Waals surface area contributed by atoms with Crippen molar-refractivity contribution < 1.29 is 22.6 Å². The van der Waals surface area contributed by atoms with Gasteiger partial charge in [0.2, 0.25) is 0 Å². The van der Waals surface area contributed by atoms with Crippen molar-refractivity contribution in [3.63, 3.8) is 0 Å². The Balaban J connectivity index is 1.65. The van der Waals surface area contributed by atoms with Gasteiger partial charge in [-0.05, 0) is 54.8 Å². The van der Waals surface area contributed by atoms with Crippen LogP contribution in [0.4, 0.5) is 13.2 Å². The van der Waals surface area contributed by atoms with E-state index in [1.807, 2.05) is 38.1 Å². The van der Waals surface area contributed by atoms with Crippen molar-refractivity contribution in [2.24, 2.45) is 0 Å². The van der Waals surface area contributed by atoms with Crippen molar-refractivity contribution in [2.45, 2.75) is 33.2 Å². The summed E-state index contributed by atoms with van der Waals surface area (Å²) in [6, 6.07) is 14.7. The minimum absolute atomic E-state index is 0.152. The molecule has 0 radical (unpaired) electrons. The van der Waals surface area contributed by atoms with E-state index in [0.717, 1.165) is 45.7 Å². The number of halogens is 3. The highest BCUT2D eigenvalue weighted by atomic mass is 19.4. The summed E-state index contributed by atoms with van der Waals surface area (Å²) in [7, 11) is 1.64. The van der Waals surface area contributed by atoms with Gasteiger partial charge in [0.1, 0.15) is 23.6 Å². The number of aryl methyl sites for hydroxylation is 1. The third-order valence-corrected chi connectivity index (χ3v) is 5.61. The van der Waals surface area contributed by atoms with Crippen LogP contribution in [0.15, 0.2) is 60.8 Å². The normalized spacial score (nSPS) is 11.7. The molecule has 2 heterocycles. The van der Waals surface area contributed by atoms with Gasteiger partial charge >= 0.3 is 6.18 Å². The van der Waals surface area contributed by atoms with Gasteiger partial charge in [-0.15, -0.1) is 0 Å². The van der Waals surface area contributed by atoms with Gasteiger partial charge in [-0.2, -0.15) is 13.2 Å². The summed E-state index contributed by atoms with van der Waals surface area (Å²) in [6.45, 7) is 4.82. The van der Waals surface area contributed by atoms with Gasteiger partial charge in [0.15, 0.2) is 0 Å². The molecule has 4 aromatic rings. The van der Waals surface area contributed by atoms with Crippen LogP contribution in [-0.4, -0.2) is 16.7 Å². The topological polar surface area (TPSA) is 36.3 Å². The van der Waals surface area contributed by atoms with Gasteiger partial charge in [-0.1, -0.05) is 24.3 Å². The standard InChI is InChI=1S/C25H23F3N2O2/c1-16-17(2)30(14-19-5-4-6-21(13-19)31-3)24-22(11-12-29-23(16)24)32-15-18-7-9-20(10-8-18)25(26,27)28/h4-13H,14-15H2,1-3H3. The smallest absolute Gasteiger partial charge is 0.416 e. The number of pyridine rings is 1. The molecule has 2 aromatic heterocycles. The third kappa shape index (κ3) is 4.28. The van der Waals surface area contributed by atoms with E-state index >= 15 is 0 Å². The molecular formula is C25H23F3N2O2. The second kappa shape index (κ2) is 8.57. The Hall–Kier alpha value is -3.48. The Bertz CT molecular complexity index is 1240. The highest BCUT2D eigenvalue weighted by Gasteiger charge is 2.30. The molecule has 0 bridgehead atoms. The molecule has 0 fully saturated rings. The molecular weight excluding hydrogens is 417 g/mol. The molecule has 0 atom stereocenters. The van der Waals surface area contributed by atoms with Crippen molar-refractivity contribution in [3.05, 3.63) is 88.7 Å². The van der Waals surface area contributed by atoms with Crippen LogP contribution in [0.1, 0.15) is 27.9 Å². The van der Waals surface area contributed by atoms with Crippen molar-refractivity contribution in [2.75, 3.05) is 7.11 Å². The molecule has 0 spiro atoms. The van der Waals surface area contributed by atoms with Crippen LogP contribution < -0.4 is 9.47 Å². The zero-order valence-corrected chi connectivity index (χ0v) is 18.0. The second-order valence-corrected chi connectivity index (χ2v) is 7.64. The Morgan fingerprint density at radius 3 is 2.41 bits per heavy atom. The molecule has 0 aliphatic heterocycles. The highest BCUT2D eigenvalue weighted by molar-refractivity contribution is 5.86. The fourth-order valence-electron chi connectivity index (χ4n) is 3.73.